The van der Waals surface area contributed by atoms with Gasteiger partial charge in [-0.2, -0.15) is 36.9 Å². The van der Waals surface area contributed by atoms with Gasteiger partial charge in [0.2, 0.25) is 0 Å². The zero-order valence-corrected chi connectivity index (χ0v) is 9.18. The maximum Gasteiger partial charge on any atom is 0.406 e. The normalized spacial score (nSPS) is 30.9. The summed E-state index contributed by atoms with van der Waals surface area (Å²) in [6.45, 7) is 0. The first-order valence-electron chi connectivity index (χ1n) is 5.22. The Morgan fingerprint density at radius 2 is 1.32 bits per heavy atom. The van der Waals surface area contributed by atoms with Gasteiger partial charge in [-0.15, -0.1) is 0 Å². The highest BCUT2D eigenvalue weighted by Gasteiger charge is 2.87. The van der Waals surface area contributed by atoms with Crippen LogP contribution in [-0.4, -0.2) is 12.4 Å². The minimum Gasteiger partial charge on any atom is -0.196 e. The van der Waals surface area contributed by atoms with E-state index in [0.29, 0.717) is 0 Å². The molecule has 0 N–H and O–H groups in total. The number of nitriles is 2. The molecule has 1 fully saturated rings. The first-order valence-corrected chi connectivity index (χ1v) is 5.22. The van der Waals surface area contributed by atoms with E-state index in [1.54, 1.807) is 0 Å². The minimum absolute atomic E-state index is 0.486. The molecule has 2 unspecified atom stereocenters. The topological polar surface area (TPSA) is 47.6 Å². The summed E-state index contributed by atoms with van der Waals surface area (Å²) in [5.41, 5.74) is -7.46. The van der Waals surface area contributed by atoms with Crippen molar-refractivity contribution in [3.63, 3.8) is 0 Å². The quantitative estimate of drug-likeness (QED) is 0.504. The summed E-state index contributed by atoms with van der Waals surface area (Å²) in [6.07, 6.45) is -10.0. The van der Waals surface area contributed by atoms with E-state index < -0.39 is 41.4 Å². The molecule has 1 saturated carbocycles. The molecule has 2 aliphatic carbocycles. The van der Waals surface area contributed by atoms with Crippen LogP contribution in [0.3, 0.4) is 0 Å². The average Bonchev–Trinajstić information content (AvgIpc) is 2.82. The molecule has 2 atom stereocenters. The van der Waals surface area contributed by atoms with Crippen molar-refractivity contribution in [1.29, 1.82) is 10.5 Å². The molecular weight excluding hydrogens is 274 g/mol. The molecule has 102 valence electrons. The Hall–Kier alpha value is -1.70. The SMILES string of the molecule is N#CC1(C#N)C2C=CC(C2)C1(C(F)(F)F)C(F)(F)F. The van der Waals surface area contributed by atoms with E-state index in [4.69, 9.17) is 10.5 Å². The number of allylic oxidation sites excluding steroid dienone is 2. The van der Waals surface area contributed by atoms with Gasteiger partial charge in [0.05, 0.1) is 12.1 Å². The Bertz CT molecular complexity index is 487. The molecule has 0 saturated heterocycles. The lowest BCUT2D eigenvalue weighted by molar-refractivity contribution is -0.368. The summed E-state index contributed by atoms with van der Waals surface area (Å²) in [4.78, 5) is 0. The van der Waals surface area contributed by atoms with Crippen LogP contribution in [0.1, 0.15) is 6.42 Å². The smallest absolute Gasteiger partial charge is 0.196 e. The second kappa shape index (κ2) is 3.44. The Morgan fingerprint density at radius 3 is 1.63 bits per heavy atom. The summed E-state index contributed by atoms with van der Waals surface area (Å²) in [6, 6.07) is 2.02. The van der Waals surface area contributed by atoms with E-state index >= 15 is 0 Å². The van der Waals surface area contributed by atoms with Gasteiger partial charge in [-0.25, -0.2) is 0 Å². The van der Waals surface area contributed by atoms with Crippen LogP contribution in [0.2, 0.25) is 0 Å². The molecule has 2 aliphatic rings. The molecular formula is C11H6F6N2. The molecule has 0 amide bonds. The highest BCUT2D eigenvalue weighted by Crippen LogP contribution is 2.74. The van der Waals surface area contributed by atoms with Crippen molar-refractivity contribution < 1.29 is 26.3 Å². The second-order valence-corrected chi connectivity index (χ2v) is 4.67. The van der Waals surface area contributed by atoms with Crippen LogP contribution in [0.15, 0.2) is 12.2 Å². The number of hydrogen-bond donors (Lipinski definition) is 0. The van der Waals surface area contributed by atoms with Crippen LogP contribution >= 0.6 is 0 Å². The van der Waals surface area contributed by atoms with Gasteiger partial charge in [0, 0.05) is 11.8 Å². The van der Waals surface area contributed by atoms with Crippen LogP contribution in [0.25, 0.3) is 0 Å². The van der Waals surface area contributed by atoms with Gasteiger partial charge in [0.25, 0.3) is 0 Å². The van der Waals surface area contributed by atoms with Gasteiger partial charge >= 0.3 is 12.4 Å². The van der Waals surface area contributed by atoms with Crippen molar-refractivity contribution in [2.24, 2.45) is 22.7 Å². The van der Waals surface area contributed by atoms with Gasteiger partial charge in [-0.1, -0.05) is 12.2 Å². The van der Waals surface area contributed by atoms with Gasteiger partial charge in [-0.3, -0.25) is 0 Å². The third-order valence-electron chi connectivity index (χ3n) is 4.06. The molecule has 0 aromatic rings. The molecule has 2 rings (SSSR count). The van der Waals surface area contributed by atoms with E-state index in [2.05, 4.69) is 0 Å². The molecule has 2 bridgehead atoms. The predicted octanol–water partition coefficient (Wildman–Crippen LogP) is 3.34. The predicted molar refractivity (Wildman–Crippen MR) is 48.9 cm³/mol. The Balaban J connectivity index is 2.85. The van der Waals surface area contributed by atoms with Crippen molar-refractivity contribution >= 4 is 0 Å². The summed E-state index contributed by atoms with van der Waals surface area (Å²) < 4.78 is 79.1. The fourth-order valence-corrected chi connectivity index (χ4v) is 3.32. The number of nitrogens with zero attached hydrogens (tertiary/aromatic N) is 2. The molecule has 19 heavy (non-hydrogen) atoms. The third kappa shape index (κ3) is 1.22. The van der Waals surface area contributed by atoms with Crippen molar-refractivity contribution in [1.82, 2.24) is 0 Å². The lowest BCUT2D eigenvalue weighted by atomic mass is 9.58. The Morgan fingerprint density at radius 1 is 0.895 bits per heavy atom. The standard InChI is InChI=1S/C11H6F6N2/c12-10(13,14)9(11(15,16)17)7-2-1-6(3-7)8(9,4-18)5-19/h1-2,6-7H,3H2. The van der Waals surface area contributed by atoms with Gasteiger partial charge < -0.3 is 0 Å². The lowest BCUT2D eigenvalue weighted by Gasteiger charge is -2.45. The van der Waals surface area contributed by atoms with Crippen molar-refractivity contribution in [2.75, 3.05) is 0 Å². The van der Waals surface area contributed by atoms with E-state index in [9.17, 15) is 26.3 Å². The van der Waals surface area contributed by atoms with Crippen molar-refractivity contribution in [2.45, 2.75) is 18.8 Å². The molecule has 0 heterocycles. The average molecular weight is 280 g/mol. The van der Waals surface area contributed by atoms with E-state index in [1.807, 2.05) is 0 Å². The highest BCUT2D eigenvalue weighted by molar-refractivity contribution is 5.40. The number of alkyl halides is 6. The van der Waals surface area contributed by atoms with Crippen LogP contribution in [0, 0.1) is 45.3 Å². The maximum atomic E-state index is 13.2. The van der Waals surface area contributed by atoms with Gasteiger partial charge in [-0.05, 0) is 6.42 Å². The van der Waals surface area contributed by atoms with Crippen molar-refractivity contribution in [3.05, 3.63) is 12.2 Å². The summed E-state index contributed by atoms with van der Waals surface area (Å²) in [5, 5.41) is 17.8. The van der Waals surface area contributed by atoms with E-state index in [0.717, 1.165) is 24.3 Å². The van der Waals surface area contributed by atoms with Crippen LogP contribution in [0.4, 0.5) is 26.3 Å². The molecule has 8 heteroatoms. The number of hydrogen-bond acceptors (Lipinski definition) is 2. The molecule has 0 aromatic heterocycles. The van der Waals surface area contributed by atoms with E-state index in [-0.39, 0.29) is 0 Å². The molecule has 0 spiro atoms. The van der Waals surface area contributed by atoms with Crippen molar-refractivity contribution in [3.8, 4) is 12.1 Å². The molecule has 0 aromatic carbocycles. The summed E-state index contributed by atoms with van der Waals surface area (Å²) in [5.74, 6) is -3.27. The fourth-order valence-electron chi connectivity index (χ4n) is 3.32. The number of fused-ring (bicyclic) bond motifs is 2. The lowest BCUT2D eigenvalue weighted by Crippen LogP contribution is -2.62. The third-order valence-corrected chi connectivity index (χ3v) is 4.06. The van der Waals surface area contributed by atoms with Gasteiger partial charge in [0.15, 0.2) is 10.8 Å². The zero-order chi connectivity index (χ0) is 14.7. The van der Waals surface area contributed by atoms with E-state index in [1.165, 1.54) is 0 Å². The summed E-state index contributed by atoms with van der Waals surface area (Å²) in [7, 11) is 0. The van der Waals surface area contributed by atoms with Crippen LogP contribution in [-0.2, 0) is 0 Å². The number of rotatable bonds is 0. The largest absolute Gasteiger partial charge is 0.406 e. The fraction of sp³-hybridized carbons (Fsp3) is 0.636. The molecule has 2 nitrogen and oxygen atoms in total. The zero-order valence-electron chi connectivity index (χ0n) is 9.18. The minimum atomic E-state index is -5.72. The Labute approximate surface area is 103 Å². The van der Waals surface area contributed by atoms with Crippen LogP contribution < -0.4 is 0 Å². The number of halogens is 6. The first kappa shape index (κ1) is 13.7. The first-order chi connectivity index (χ1) is 8.58. The maximum absolute atomic E-state index is 13.2. The Kier molecular flexibility index (Phi) is 2.49. The van der Waals surface area contributed by atoms with Crippen LogP contribution in [0.5, 0.6) is 0 Å². The second-order valence-electron chi connectivity index (χ2n) is 4.67. The summed E-state index contributed by atoms with van der Waals surface area (Å²) >= 11 is 0. The molecule has 0 radical (unpaired) electrons. The molecule has 0 aliphatic heterocycles. The van der Waals surface area contributed by atoms with Gasteiger partial charge in [0.1, 0.15) is 0 Å². The monoisotopic (exact) mass is 280 g/mol. The highest BCUT2D eigenvalue weighted by atomic mass is 19.4.